The van der Waals surface area contributed by atoms with Crippen LogP contribution in [0.1, 0.15) is 6.42 Å². The number of benzene rings is 1. The van der Waals surface area contributed by atoms with Gasteiger partial charge in [-0.25, -0.2) is 13.1 Å². The number of halogens is 1. The van der Waals surface area contributed by atoms with Gasteiger partial charge in [-0.05, 0) is 18.2 Å². The van der Waals surface area contributed by atoms with Gasteiger partial charge in [-0.15, -0.1) is 0 Å². The third-order valence-corrected chi connectivity index (χ3v) is 4.00. The number of nitrogen functional groups attached to an aromatic ring is 1. The predicted octanol–water partition coefficient (Wildman–Crippen LogP) is 0.337. The SMILES string of the molecule is CNC(=O)CCNS(=O)(=O)c1ccc(Cl)c(N)c1. The van der Waals surface area contributed by atoms with Crippen LogP contribution >= 0.6 is 11.6 Å². The van der Waals surface area contributed by atoms with E-state index < -0.39 is 10.0 Å². The Morgan fingerprint density at radius 1 is 1.44 bits per heavy atom. The zero-order valence-corrected chi connectivity index (χ0v) is 11.3. The lowest BCUT2D eigenvalue weighted by molar-refractivity contribution is -0.120. The quantitative estimate of drug-likeness (QED) is 0.681. The topological polar surface area (TPSA) is 101 Å². The Kier molecular flexibility index (Phi) is 4.94. The Morgan fingerprint density at radius 3 is 2.67 bits per heavy atom. The molecule has 0 atom stereocenters. The summed E-state index contributed by atoms with van der Waals surface area (Å²) in [7, 11) is -2.19. The highest BCUT2D eigenvalue weighted by Gasteiger charge is 2.15. The summed E-state index contributed by atoms with van der Waals surface area (Å²) in [6.07, 6.45) is 0.0683. The number of amides is 1. The maximum Gasteiger partial charge on any atom is 0.240 e. The number of carbonyl (C=O) groups is 1. The molecule has 1 aromatic rings. The summed E-state index contributed by atoms with van der Waals surface area (Å²) in [5, 5.41) is 2.69. The summed E-state index contributed by atoms with van der Waals surface area (Å²) in [6, 6.07) is 4.02. The molecule has 0 aliphatic rings. The molecule has 1 amide bonds. The van der Waals surface area contributed by atoms with E-state index in [-0.39, 0.29) is 29.5 Å². The molecule has 0 bridgehead atoms. The van der Waals surface area contributed by atoms with E-state index in [9.17, 15) is 13.2 Å². The van der Waals surface area contributed by atoms with Gasteiger partial charge >= 0.3 is 0 Å². The van der Waals surface area contributed by atoms with Gasteiger partial charge in [-0.3, -0.25) is 4.79 Å². The molecule has 0 unspecified atom stereocenters. The van der Waals surface area contributed by atoms with Gasteiger partial charge in [-0.1, -0.05) is 11.6 Å². The molecule has 1 rings (SSSR count). The zero-order chi connectivity index (χ0) is 13.8. The summed E-state index contributed by atoms with van der Waals surface area (Å²) in [6.45, 7) is 0.0184. The molecule has 0 saturated heterocycles. The smallest absolute Gasteiger partial charge is 0.240 e. The number of hydrogen-bond donors (Lipinski definition) is 3. The van der Waals surface area contributed by atoms with E-state index in [1.165, 1.54) is 25.2 Å². The van der Waals surface area contributed by atoms with Crippen molar-refractivity contribution in [2.75, 3.05) is 19.3 Å². The number of carbonyl (C=O) groups excluding carboxylic acids is 1. The molecular weight excluding hydrogens is 278 g/mol. The van der Waals surface area contributed by atoms with E-state index in [2.05, 4.69) is 10.0 Å². The minimum absolute atomic E-state index is 0.0151. The normalized spacial score (nSPS) is 11.2. The van der Waals surface area contributed by atoms with Gasteiger partial charge in [0.15, 0.2) is 0 Å². The van der Waals surface area contributed by atoms with E-state index >= 15 is 0 Å². The molecule has 0 aliphatic carbocycles. The molecule has 1 aromatic carbocycles. The van der Waals surface area contributed by atoms with Gasteiger partial charge in [0, 0.05) is 20.0 Å². The van der Waals surface area contributed by atoms with Crippen molar-refractivity contribution in [1.82, 2.24) is 10.0 Å². The minimum atomic E-state index is -3.67. The largest absolute Gasteiger partial charge is 0.397 e. The van der Waals surface area contributed by atoms with E-state index in [0.29, 0.717) is 5.02 Å². The van der Waals surface area contributed by atoms with Gasteiger partial charge in [0.25, 0.3) is 0 Å². The molecular formula is C10H14ClN3O3S. The lowest BCUT2D eigenvalue weighted by Gasteiger charge is -2.07. The van der Waals surface area contributed by atoms with E-state index in [0.717, 1.165) is 0 Å². The average Bonchev–Trinajstić information content (AvgIpc) is 2.32. The molecule has 0 spiro atoms. The van der Waals surface area contributed by atoms with Gasteiger partial charge in [-0.2, -0.15) is 0 Å². The standard InChI is InChI=1S/C10H14ClN3O3S/c1-13-10(15)4-5-14-18(16,17)7-2-3-8(11)9(12)6-7/h2-3,6,14H,4-5,12H2,1H3,(H,13,15). The third kappa shape index (κ3) is 3.86. The maximum atomic E-state index is 11.8. The molecule has 0 aliphatic heterocycles. The van der Waals surface area contributed by atoms with Crippen LogP contribution in [0.3, 0.4) is 0 Å². The fraction of sp³-hybridized carbons (Fsp3) is 0.300. The molecule has 0 saturated carbocycles. The first kappa shape index (κ1) is 14.7. The second-order valence-corrected chi connectivity index (χ2v) is 5.68. The molecule has 0 fully saturated rings. The lowest BCUT2D eigenvalue weighted by atomic mass is 10.3. The summed E-state index contributed by atoms with van der Waals surface area (Å²) in [5.41, 5.74) is 5.71. The highest BCUT2D eigenvalue weighted by molar-refractivity contribution is 7.89. The van der Waals surface area contributed by atoms with Crippen molar-refractivity contribution in [2.45, 2.75) is 11.3 Å². The molecule has 18 heavy (non-hydrogen) atoms. The fourth-order valence-electron chi connectivity index (χ4n) is 1.20. The molecule has 0 heterocycles. The van der Waals surface area contributed by atoms with Gasteiger partial charge in [0.2, 0.25) is 15.9 Å². The predicted molar refractivity (Wildman–Crippen MR) is 69.7 cm³/mol. The fourth-order valence-corrected chi connectivity index (χ4v) is 2.38. The van der Waals surface area contributed by atoms with Crippen LogP contribution in [0.15, 0.2) is 23.1 Å². The Hall–Kier alpha value is -1.31. The van der Waals surface area contributed by atoms with Crippen LogP contribution in [0.25, 0.3) is 0 Å². The number of nitrogens with one attached hydrogen (secondary N) is 2. The lowest BCUT2D eigenvalue weighted by Crippen LogP contribution is -2.29. The number of anilines is 1. The number of hydrogen-bond acceptors (Lipinski definition) is 4. The van der Waals surface area contributed by atoms with Gasteiger partial charge in [0.1, 0.15) is 0 Å². The van der Waals surface area contributed by atoms with Crippen molar-refractivity contribution in [3.63, 3.8) is 0 Å². The van der Waals surface area contributed by atoms with Crippen molar-refractivity contribution in [3.8, 4) is 0 Å². The van der Waals surface area contributed by atoms with Crippen molar-refractivity contribution in [3.05, 3.63) is 23.2 Å². The van der Waals surface area contributed by atoms with E-state index in [1.807, 2.05) is 0 Å². The van der Waals surface area contributed by atoms with Gasteiger partial charge < -0.3 is 11.1 Å². The first-order chi connectivity index (χ1) is 8.36. The van der Waals surface area contributed by atoms with E-state index in [4.69, 9.17) is 17.3 Å². The van der Waals surface area contributed by atoms with Crippen LogP contribution < -0.4 is 15.8 Å². The first-order valence-electron chi connectivity index (χ1n) is 5.12. The zero-order valence-electron chi connectivity index (χ0n) is 9.73. The van der Waals surface area contributed by atoms with E-state index in [1.54, 1.807) is 0 Å². The summed E-state index contributed by atoms with van der Waals surface area (Å²) in [5.74, 6) is -0.242. The first-order valence-corrected chi connectivity index (χ1v) is 6.98. The molecule has 8 heteroatoms. The number of nitrogens with two attached hydrogens (primary N) is 1. The number of sulfonamides is 1. The summed E-state index contributed by atoms with van der Waals surface area (Å²) >= 11 is 5.70. The molecule has 0 radical (unpaired) electrons. The van der Waals surface area contributed by atoms with Crippen LogP contribution in [-0.2, 0) is 14.8 Å². The summed E-state index contributed by atoms with van der Waals surface area (Å²) in [4.78, 5) is 11.0. The molecule has 100 valence electrons. The summed E-state index contributed by atoms with van der Waals surface area (Å²) < 4.78 is 25.9. The van der Waals surface area contributed by atoms with Crippen LogP contribution in [0, 0.1) is 0 Å². The maximum absolute atomic E-state index is 11.8. The number of rotatable bonds is 5. The van der Waals surface area contributed by atoms with Crippen molar-refractivity contribution >= 4 is 33.2 Å². The molecule has 6 nitrogen and oxygen atoms in total. The monoisotopic (exact) mass is 291 g/mol. The third-order valence-electron chi connectivity index (χ3n) is 2.20. The van der Waals surface area contributed by atoms with Crippen molar-refractivity contribution in [2.24, 2.45) is 0 Å². The second-order valence-electron chi connectivity index (χ2n) is 3.50. The van der Waals surface area contributed by atoms with Crippen molar-refractivity contribution < 1.29 is 13.2 Å². The highest BCUT2D eigenvalue weighted by Crippen LogP contribution is 2.21. The van der Waals surface area contributed by atoms with Crippen LogP contribution in [0.5, 0.6) is 0 Å². The Balaban J connectivity index is 2.74. The molecule has 0 aromatic heterocycles. The van der Waals surface area contributed by atoms with Crippen molar-refractivity contribution in [1.29, 1.82) is 0 Å². The Bertz CT molecular complexity index is 545. The minimum Gasteiger partial charge on any atom is -0.397 e. The van der Waals surface area contributed by atoms with Crippen LogP contribution in [0.2, 0.25) is 5.02 Å². The van der Waals surface area contributed by atoms with Crippen LogP contribution in [-0.4, -0.2) is 27.9 Å². The average molecular weight is 292 g/mol. The van der Waals surface area contributed by atoms with Crippen LogP contribution in [0.4, 0.5) is 5.69 Å². The molecule has 4 N–H and O–H groups in total. The highest BCUT2D eigenvalue weighted by atomic mass is 35.5. The second kappa shape index (κ2) is 6.03. The Labute approximate surface area is 111 Å². The van der Waals surface area contributed by atoms with Gasteiger partial charge in [0.05, 0.1) is 15.6 Å². The Morgan fingerprint density at radius 2 is 2.11 bits per heavy atom.